The first kappa shape index (κ1) is 13.1. The van der Waals surface area contributed by atoms with E-state index in [1.165, 1.54) is 0 Å². The van der Waals surface area contributed by atoms with Gasteiger partial charge in [0.2, 0.25) is 0 Å². The summed E-state index contributed by atoms with van der Waals surface area (Å²) in [7, 11) is 0. The van der Waals surface area contributed by atoms with Crippen LogP contribution in [-0.4, -0.2) is 48.9 Å². The lowest BCUT2D eigenvalue weighted by atomic mass is 10.7. The predicted molar refractivity (Wildman–Crippen MR) is 59.5 cm³/mol. The zero-order valence-corrected chi connectivity index (χ0v) is 9.12. The quantitative estimate of drug-likeness (QED) is 0.669. The van der Waals surface area contributed by atoms with Crippen LogP contribution in [0.5, 0.6) is 0 Å². The van der Waals surface area contributed by atoms with Gasteiger partial charge in [-0.05, 0) is 10.4 Å². The van der Waals surface area contributed by atoms with Gasteiger partial charge >= 0.3 is 0 Å². The van der Waals surface area contributed by atoms with Gasteiger partial charge < -0.3 is 0 Å². The fraction of sp³-hybridized carbons (Fsp3) is 0.667. The summed E-state index contributed by atoms with van der Waals surface area (Å²) in [5.41, 5.74) is 0. The molecule has 0 aromatic rings. The molecule has 0 aromatic heterocycles. The van der Waals surface area contributed by atoms with Crippen LogP contribution in [0.4, 0.5) is 0 Å². The molecule has 2 heterocycles. The van der Waals surface area contributed by atoms with E-state index in [9.17, 15) is 0 Å². The molecule has 0 saturated carbocycles. The summed E-state index contributed by atoms with van der Waals surface area (Å²) in [5.74, 6) is 0. The molecule has 0 spiro atoms. The highest BCUT2D eigenvalue weighted by Crippen LogP contribution is 1.98. The second-order valence-corrected chi connectivity index (χ2v) is 2.55. The van der Waals surface area contributed by atoms with E-state index in [1.54, 1.807) is 22.7 Å². The van der Waals surface area contributed by atoms with E-state index in [0.29, 0.717) is 0 Å². The minimum Gasteiger partial charge on any atom is -0.272 e. The Morgan fingerprint density at radius 1 is 0.857 bits per heavy atom. The average Bonchev–Trinajstić information content (AvgIpc) is 2.74. The van der Waals surface area contributed by atoms with Crippen LogP contribution in [0, 0.1) is 0 Å². The van der Waals surface area contributed by atoms with Crippen LogP contribution < -0.4 is 0 Å². The van der Waals surface area contributed by atoms with Crippen molar-refractivity contribution in [3.63, 3.8) is 0 Å². The maximum atomic E-state index is 4.01. The van der Waals surface area contributed by atoms with Crippen LogP contribution in [0.1, 0.15) is 0 Å². The zero-order chi connectivity index (χ0) is 8.23. The van der Waals surface area contributed by atoms with Gasteiger partial charge in [0.05, 0.1) is 26.2 Å². The molecule has 80 valence electrons. The van der Waals surface area contributed by atoms with E-state index in [1.807, 2.05) is 0 Å². The van der Waals surface area contributed by atoms with E-state index in [-0.39, 0.29) is 24.8 Å². The van der Waals surface area contributed by atoms with Gasteiger partial charge in [-0.3, -0.25) is 9.98 Å². The Bertz CT molecular complexity index is 216. The number of nitrogens with zero attached hydrogens (tertiary/aromatic N) is 6. The monoisotopic (exact) mass is 238 g/mol. The summed E-state index contributed by atoms with van der Waals surface area (Å²) < 4.78 is 0. The summed E-state index contributed by atoms with van der Waals surface area (Å²) in [4.78, 5) is 8.01. The fourth-order valence-corrected chi connectivity index (χ4v) is 0.978. The minimum atomic E-state index is 0. The molecule has 2 rings (SSSR count). The van der Waals surface area contributed by atoms with Crippen LogP contribution in [0.15, 0.2) is 20.4 Å². The van der Waals surface area contributed by atoms with Crippen molar-refractivity contribution < 1.29 is 0 Å². The van der Waals surface area contributed by atoms with E-state index in [4.69, 9.17) is 0 Å². The molecule has 6 nitrogen and oxygen atoms in total. The Labute approximate surface area is 94.6 Å². The number of hydrogen-bond acceptors (Lipinski definition) is 4. The number of aliphatic imine (C=N–C) groups is 2. The molecule has 2 aliphatic rings. The highest BCUT2D eigenvalue weighted by Gasteiger charge is 2.05. The first-order chi connectivity index (χ1) is 5.95. The molecule has 0 fully saturated rings. The molecule has 0 N–H and O–H groups in total. The van der Waals surface area contributed by atoms with Crippen LogP contribution in [0.25, 0.3) is 0 Å². The van der Waals surface area contributed by atoms with E-state index in [0.717, 1.165) is 26.2 Å². The third kappa shape index (κ3) is 3.47. The molecular formula is C6H12Cl2N6. The lowest BCUT2D eigenvalue weighted by molar-refractivity contribution is 0.372. The lowest BCUT2D eigenvalue weighted by Gasteiger charge is -2.06. The Balaban J connectivity index is 0.000000845. The Morgan fingerprint density at radius 3 is 1.57 bits per heavy atom. The van der Waals surface area contributed by atoms with Gasteiger partial charge in [0.25, 0.3) is 0 Å². The highest BCUT2D eigenvalue weighted by molar-refractivity contribution is 5.85. The number of hydrogen-bond donors (Lipinski definition) is 0. The summed E-state index contributed by atoms with van der Waals surface area (Å²) in [6.07, 6.45) is 3.38. The van der Waals surface area contributed by atoms with E-state index >= 15 is 0 Å². The minimum absolute atomic E-state index is 0. The molecular weight excluding hydrogens is 227 g/mol. The van der Waals surface area contributed by atoms with Crippen molar-refractivity contribution in [3.05, 3.63) is 0 Å². The zero-order valence-electron chi connectivity index (χ0n) is 7.48. The molecule has 0 aliphatic carbocycles. The largest absolute Gasteiger partial charge is 0.272 e. The molecule has 0 radical (unpaired) electrons. The summed E-state index contributed by atoms with van der Waals surface area (Å²) in [5, 5.41) is 11.3. The number of rotatable bonds is 2. The van der Waals surface area contributed by atoms with Gasteiger partial charge in [0, 0.05) is 0 Å². The SMILES string of the molecule is C1=NCCN1N=NN1C=NCC1.Cl.Cl. The van der Waals surface area contributed by atoms with Crippen molar-refractivity contribution in [2.75, 3.05) is 26.2 Å². The molecule has 0 aromatic carbocycles. The fourth-order valence-electron chi connectivity index (χ4n) is 0.978. The molecule has 0 amide bonds. The topological polar surface area (TPSA) is 55.9 Å². The van der Waals surface area contributed by atoms with Crippen LogP contribution in [0.3, 0.4) is 0 Å². The average molecular weight is 239 g/mol. The lowest BCUT2D eigenvalue weighted by Crippen LogP contribution is -2.16. The standard InChI is InChI=1S/C6H10N6.2ClH/c1-3-11(5-7-1)9-10-12-4-2-8-6-12;;/h5-6H,1-4H2;2*1H. The highest BCUT2D eigenvalue weighted by atomic mass is 35.5. The third-order valence-corrected chi connectivity index (χ3v) is 1.62. The second-order valence-electron chi connectivity index (χ2n) is 2.55. The first-order valence-electron chi connectivity index (χ1n) is 3.90. The Morgan fingerprint density at radius 2 is 1.29 bits per heavy atom. The molecule has 2 aliphatic heterocycles. The Hall–Kier alpha value is -0.880. The summed E-state index contributed by atoms with van der Waals surface area (Å²) in [6.45, 7) is 3.28. The van der Waals surface area contributed by atoms with Crippen LogP contribution in [-0.2, 0) is 0 Å². The van der Waals surface area contributed by atoms with Gasteiger partial charge in [-0.1, -0.05) is 0 Å². The van der Waals surface area contributed by atoms with Gasteiger partial charge in [-0.2, -0.15) is 0 Å². The molecule has 8 heteroatoms. The Kier molecular flexibility index (Phi) is 6.14. The number of halogens is 2. The predicted octanol–water partition coefficient (Wildman–Crippen LogP) is 0.800. The van der Waals surface area contributed by atoms with Crippen molar-refractivity contribution in [1.29, 1.82) is 0 Å². The van der Waals surface area contributed by atoms with Gasteiger partial charge in [-0.25, -0.2) is 10.0 Å². The maximum absolute atomic E-state index is 4.01. The van der Waals surface area contributed by atoms with Crippen molar-refractivity contribution in [1.82, 2.24) is 10.0 Å². The molecule has 0 bridgehead atoms. The van der Waals surface area contributed by atoms with Crippen molar-refractivity contribution in [3.8, 4) is 0 Å². The van der Waals surface area contributed by atoms with Crippen molar-refractivity contribution in [2.24, 2.45) is 20.4 Å². The van der Waals surface area contributed by atoms with Gasteiger partial charge in [-0.15, -0.1) is 24.8 Å². The summed E-state index contributed by atoms with van der Waals surface area (Å²) in [6, 6.07) is 0. The van der Waals surface area contributed by atoms with Crippen molar-refractivity contribution >= 4 is 37.5 Å². The summed E-state index contributed by atoms with van der Waals surface area (Å²) >= 11 is 0. The van der Waals surface area contributed by atoms with Crippen LogP contribution >= 0.6 is 24.8 Å². The van der Waals surface area contributed by atoms with Crippen molar-refractivity contribution in [2.45, 2.75) is 0 Å². The third-order valence-electron chi connectivity index (χ3n) is 1.62. The maximum Gasteiger partial charge on any atom is 0.108 e. The smallest absolute Gasteiger partial charge is 0.108 e. The molecule has 0 saturated heterocycles. The normalized spacial score (nSPS) is 18.9. The first-order valence-corrected chi connectivity index (χ1v) is 3.90. The van der Waals surface area contributed by atoms with Gasteiger partial charge in [0.15, 0.2) is 0 Å². The van der Waals surface area contributed by atoms with Crippen LogP contribution in [0.2, 0.25) is 0 Å². The second kappa shape index (κ2) is 6.56. The molecule has 14 heavy (non-hydrogen) atoms. The molecule has 0 unspecified atom stereocenters. The van der Waals surface area contributed by atoms with Gasteiger partial charge in [0.1, 0.15) is 12.7 Å². The van der Waals surface area contributed by atoms with E-state index in [2.05, 4.69) is 20.4 Å². The molecule has 0 atom stereocenters. The van der Waals surface area contributed by atoms with E-state index < -0.39 is 0 Å².